The van der Waals surface area contributed by atoms with Crippen molar-refractivity contribution in [3.05, 3.63) is 24.3 Å². The minimum atomic E-state index is -3.27. The van der Waals surface area contributed by atoms with E-state index in [2.05, 4.69) is 10.0 Å². The molecule has 7 nitrogen and oxygen atoms in total. The molecule has 1 aliphatic heterocycles. The van der Waals surface area contributed by atoms with E-state index in [-0.39, 0.29) is 18.1 Å². The first-order chi connectivity index (χ1) is 10.9. The normalized spacial score (nSPS) is 26.3. The van der Waals surface area contributed by atoms with E-state index in [4.69, 9.17) is 4.74 Å². The summed E-state index contributed by atoms with van der Waals surface area (Å²) in [4.78, 5) is 14.2. The molecule has 2 fully saturated rings. The van der Waals surface area contributed by atoms with Gasteiger partial charge in [0, 0.05) is 18.3 Å². The van der Waals surface area contributed by atoms with Crippen LogP contribution in [-0.2, 0) is 10.0 Å². The highest BCUT2D eigenvalue weighted by Crippen LogP contribution is 2.38. The topological polar surface area (TPSA) is 87.7 Å². The smallest absolute Gasteiger partial charge is 0.322 e. The Balaban J connectivity index is 1.65. The van der Waals surface area contributed by atoms with Crippen LogP contribution in [0.25, 0.3) is 0 Å². The van der Waals surface area contributed by atoms with E-state index in [0.29, 0.717) is 18.2 Å². The lowest BCUT2D eigenvalue weighted by atomic mass is 10.1. The summed E-state index contributed by atoms with van der Waals surface area (Å²) in [7, 11) is -1.68. The number of nitrogens with zero attached hydrogens (tertiary/aromatic N) is 1. The summed E-state index contributed by atoms with van der Waals surface area (Å²) >= 11 is 0. The Labute approximate surface area is 136 Å². The van der Waals surface area contributed by atoms with Crippen LogP contribution in [0.15, 0.2) is 24.3 Å². The zero-order valence-electron chi connectivity index (χ0n) is 13.2. The number of piperidine rings is 1. The van der Waals surface area contributed by atoms with Gasteiger partial charge in [0.2, 0.25) is 10.0 Å². The Morgan fingerprint density at radius 1 is 1.26 bits per heavy atom. The molecule has 1 saturated carbocycles. The Morgan fingerprint density at radius 2 is 1.96 bits per heavy atom. The Bertz CT molecular complexity index is 689. The number of nitrogens with one attached hydrogen (secondary N) is 2. The second-order valence-electron chi connectivity index (χ2n) is 6.21. The lowest BCUT2D eigenvalue weighted by Crippen LogP contribution is -2.52. The summed E-state index contributed by atoms with van der Waals surface area (Å²) in [6.07, 6.45) is 2.80. The van der Waals surface area contributed by atoms with Crippen LogP contribution in [0, 0.1) is 5.92 Å². The van der Waals surface area contributed by atoms with E-state index in [9.17, 15) is 13.2 Å². The van der Waals surface area contributed by atoms with Crippen LogP contribution in [-0.4, -0.2) is 51.3 Å². The second kappa shape index (κ2) is 6.01. The maximum atomic E-state index is 12.5. The average molecular weight is 339 g/mol. The number of amides is 2. The van der Waals surface area contributed by atoms with Crippen molar-refractivity contribution in [3.8, 4) is 5.75 Å². The number of carbonyl (C=O) groups is 1. The van der Waals surface area contributed by atoms with Gasteiger partial charge in [0.25, 0.3) is 0 Å². The molecule has 126 valence electrons. The fraction of sp³-hybridized carbons (Fsp3) is 0.533. The zero-order chi connectivity index (χ0) is 16.6. The third-order valence-electron chi connectivity index (χ3n) is 4.45. The quantitative estimate of drug-likeness (QED) is 0.864. The monoisotopic (exact) mass is 339 g/mol. The van der Waals surface area contributed by atoms with Crippen LogP contribution >= 0.6 is 0 Å². The number of hydrogen-bond donors (Lipinski definition) is 2. The van der Waals surface area contributed by atoms with Gasteiger partial charge in [-0.2, -0.15) is 0 Å². The van der Waals surface area contributed by atoms with Crippen molar-refractivity contribution in [3.63, 3.8) is 0 Å². The van der Waals surface area contributed by atoms with E-state index in [0.717, 1.165) is 24.8 Å². The molecule has 8 heteroatoms. The van der Waals surface area contributed by atoms with Gasteiger partial charge in [-0.05, 0) is 43.0 Å². The van der Waals surface area contributed by atoms with Gasteiger partial charge in [-0.3, -0.25) is 0 Å². The molecule has 2 bridgehead atoms. The molecule has 0 spiro atoms. The molecule has 1 saturated heterocycles. The van der Waals surface area contributed by atoms with Gasteiger partial charge in [0.05, 0.1) is 19.4 Å². The van der Waals surface area contributed by atoms with Gasteiger partial charge >= 0.3 is 6.03 Å². The summed E-state index contributed by atoms with van der Waals surface area (Å²) in [6.45, 7) is 0.675. The zero-order valence-corrected chi connectivity index (χ0v) is 14.0. The van der Waals surface area contributed by atoms with Gasteiger partial charge in [-0.1, -0.05) is 0 Å². The molecule has 3 unspecified atom stereocenters. The third-order valence-corrected chi connectivity index (χ3v) is 5.18. The first-order valence-electron chi connectivity index (χ1n) is 7.54. The van der Waals surface area contributed by atoms with E-state index in [1.165, 1.54) is 0 Å². The summed E-state index contributed by atoms with van der Waals surface area (Å²) in [5, 5.41) is 2.86. The summed E-state index contributed by atoms with van der Waals surface area (Å²) in [6, 6.07) is 6.65. The van der Waals surface area contributed by atoms with E-state index in [1.807, 2.05) is 0 Å². The Kier molecular flexibility index (Phi) is 4.20. The lowest BCUT2D eigenvalue weighted by Gasteiger charge is -2.33. The van der Waals surface area contributed by atoms with Crippen molar-refractivity contribution in [1.29, 1.82) is 0 Å². The van der Waals surface area contributed by atoms with Crippen molar-refractivity contribution < 1.29 is 17.9 Å². The number of fused-ring (bicyclic) bond motifs is 2. The van der Waals surface area contributed by atoms with Crippen molar-refractivity contribution in [2.45, 2.75) is 24.9 Å². The van der Waals surface area contributed by atoms with Gasteiger partial charge < -0.3 is 15.0 Å². The highest BCUT2D eigenvalue weighted by molar-refractivity contribution is 7.88. The Morgan fingerprint density at radius 3 is 2.52 bits per heavy atom. The predicted octanol–water partition coefficient (Wildman–Crippen LogP) is 1.24. The number of rotatable bonds is 4. The summed E-state index contributed by atoms with van der Waals surface area (Å²) in [5.41, 5.74) is 0.686. The number of sulfonamides is 1. The van der Waals surface area contributed by atoms with E-state index in [1.54, 1.807) is 36.3 Å². The molecular weight excluding hydrogens is 318 g/mol. The number of ether oxygens (including phenoxy) is 1. The molecule has 1 heterocycles. The number of anilines is 1. The molecule has 3 atom stereocenters. The maximum Gasteiger partial charge on any atom is 0.322 e. The molecule has 0 aromatic heterocycles. The molecule has 1 aliphatic carbocycles. The third kappa shape index (κ3) is 3.59. The van der Waals surface area contributed by atoms with E-state index >= 15 is 0 Å². The Hall–Kier alpha value is -1.80. The fourth-order valence-electron chi connectivity index (χ4n) is 3.53. The number of urea groups is 1. The van der Waals surface area contributed by atoms with Crippen LogP contribution in [0.3, 0.4) is 0 Å². The van der Waals surface area contributed by atoms with E-state index < -0.39 is 10.0 Å². The first-order valence-corrected chi connectivity index (χ1v) is 9.44. The van der Waals surface area contributed by atoms with Crippen molar-refractivity contribution >= 4 is 21.7 Å². The molecule has 2 amide bonds. The first kappa shape index (κ1) is 16.1. The minimum absolute atomic E-state index is 0.0760. The molecule has 1 aromatic carbocycles. The van der Waals surface area contributed by atoms with Gasteiger partial charge in [-0.25, -0.2) is 17.9 Å². The van der Waals surface area contributed by atoms with Gasteiger partial charge in [0.1, 0.15) is 5.75 Å². The molecule has 23 heavy (non-hydrogen) atoms. The average Bonchev–Trinajstić information content (AvgIpc) is 3.06. The number of hydrogen-bond acceptors (Lipinski definition) is 4. The van der Waals surface area contributed by atoms with Crippen molar-refractivity contribution in [2.75, 3.05) is 25.2 Å². The second-order valence-corrected chi connectivity index (χ2v) is 7.99. The van der Waals surface area contributed by atoms with Crippen molar-refractivity contribution in [1.82, 2.24) is 9.62 Å². The minimum Gasteiger partial charge on any atom is -0.497 e. The summed E-state index contributed by atoms with van der Waals surface area (Å²) < 4.78 is 30.6. The molecule has 2 aliphatic rings. The standard InChI is InChI=1S/C15H21N3O4S/c1-22-12-5-3-11(4-6-12)16-15(19)18-9-10-7-13(14(18)8-10)17-23(2,20)21/h3-6,10,13-14,17H,7-9H2,1-2H3,(H,16,19). The van der Waals surface area contributed by atoms with Gasteiger partial charge in [-0.15, -0.1) is 0 Å². The highest BCUT2D eigenvalue weighted by atomic mass is 32.2. The number of likely N-dealkylation sites (tertiary alicyclic amines) is 1. The molecule has 1 aromatic rings. The number of benzene rings is 1. The van der Waals surface area contributed by atoms with Crippen LogP contribution in [0.1, 0.15) is 12.8 Å². The fourth-order valence-corrected chi connectivity index (χ4v) is 4.33. The lowest BCUT2D eigenvalue weighted by molar-refractivity contribution is 0.183. The largest absolute Gasteiger partial charge is 0.497 e. The van der Waals surface area contributed by atoms with Crippen LogP contribution in [0.5, 0.6) is 5.75 Å². The number of carbonyl (C=O) groups excluding carboxylic acids is 1. The molecule has 0 radical (unpaired) electrons. The van der Waals surface area contributed by atoms with Crippen LogP contribution in [0.4, 0.5) is 10.5 Å². The predicted molar refractivity (Wildman–Crippen MR) is 87.0 cm³/mol. The molecular formula is C15H21N3O4S. The van der Waals surface area contributed by atoms with Crippen LogP contribution < -0.4 is 14.8 Å². The molecule has 2 N–H and O–H groups in total. The SMILES string of the molecule is COc1ccc(NC(=O)N2CC3CC(NS(C)(=O)=O)C2C3)cc1. The number of methoxy groups -OCH3 is 1. The van der Waals surface area contributed by atoms with Crippen LogP contribution in [0.2, 0.25) is 0 Å². The molecule has 3 rings (SSSR count). The van der Waals surface area contributed by atoms with Crippen molar-refractivity contribution in [2.24, 2.45) is 5.92 Å². The van der Waals surface area contributed by atoms with Gasteiger partial charge in [0.15, 0.2) is 0 Å². The highest BCUT2D eigenvalue weighted by Gasteiger charge is 2.47. The summed E-state index contributed by atoms with van der Waals surface area (Å²) in [5.74, 6) is 1.08. The maximum absolute atomic E-state index is 12.5.